The van der Waals surface area contributed by atoms with Crippen LogP contribution in [0.4, 0.5) is 0 Å². The first-order valence-corrected chi connectivity index (χ1v) is 10.3. The van der Waals surface area contributed by atoms with E-state index in [2.05, 4.69) is 11.3 Å². The highest BCUT2D eigenvalue weighted by atomic mass is 35.5. The van der Waals surface area contributed by atoms with Gasteiger partial charge in [0.2, 0.25) is 10.0 Å². The van der Waals surface area contributed by atoms with Gasteiger partial charge in [-0.3, -0.25) is 4.79 Å². The molecule has 0 saturated carbocycles. The molecule has 2 aromatic rings. The molecule has 0 atom stereocenters. The van der Waals surface area contributed by atoms with Crippen LogP contribution in [0.2, 0.25) is 5.02 Å². The third-order valence-electron chi connectivity index (χ3n) is 4.08. The summed E-state index contributed by atoms with van der Waals surface area (Å²) in [6.45, 7) is 5.80. The van der Waals surface area contributed by atoms with Crippen LogP contribution in [0.1, 0.15) is 21.5 Å². The van der Waals surface area contributed by atoms with Gasteiger partial charge < -0.3 is 9.64 Å². The standard InChI is InChI=1S/C20H23ClN2O4S/c1-5-10-22-28(25,26)19-12-15(7-8-17(19)21)20(24)23(3)13-16-11-14(2)6-9-18(16)27-4/h5-9,11-12,22H,1,10,13H2,2-4H3. The fraction of sp³-hybridized carbons (Fsp3) is 0.250. The molecule has 0 saturated heterocycles. The van der Waals surface area contributed by atoms with Gasteiger partial charge in [0.05, 0.1) is 12.1 Å². The van der Waals surface area contributed by atoms with Crippen LogP contribution in [0, 0.1) is 6.92 Å². The molecular formula is C20H23ClN2O4S. The summed E-state index contributed by atoms with van der Waals surface area (Å²) in [4.78, 5) is 14.2. The maximum atomic E-state index is 12.8. The molecule has 0 unspecified atom stereocenters. The highest BCUT2D eigenvalue weighted by molar-refractivity contribution is 7.89. The molecule has 0 aromatic heterocycles. The van der Waals surface area contributed by atoms with Gasteiger partial charge in [-0.05, 0) is 31.2 Å². The van der Waals surface area contributed by atoms with Crippen molar-refractivity contribution in [1.82, 2.24) is 9.62 Å². The number of aryl methyl sites for hydroxylation is 1. The van der Waals surface area contributed by atoms with Crippen molar-refractivity contribution in [1.29, 1.82) is 0 Å². The third kappa shape index (κ3) is 5.13. The highest BCUT2D eigenvalue weighted by Crippen LogP contribution is 2.25. The molecule has 28 heavy (non-hydrogen) atoms. The number of methoxy groups -OCH3 is 1. The third-order valence-corrected chi connectivity index (χ3v) is 5.98. The largest absolute Gasteiger partial charge is 0.496 e. The van der Waals surface area contributed by atoms with E-state index in [1.807, 2.05) is 25.1 Å². The Labute approximate surface area is 170 Å². The van der Waals surface area contributed by atoms with Crippen molar-refractivity contribution in [3.05, 3.63) is 70.8 Å². The van der Waals surface area contributed by atoms with E-state index in [1.165, 1.54) is 29.2 Å². The number of carbonyl (C=O) groups excluding carboxylic acids is 1. The summed E-state index contributed by atoms with van der Waals surface area (Å²) in [5, 5.41) is 0.0381. The van der Waals surface area contributed by atoms with Crippen molar-refractivity contribution >= 4 is 27.5 Å². The molecule has 0 aliphatic carbocycles. The van der Waals surface area contributed by atoms with E-state index in [0.29, 0.717) is 12.3 Å². The van der Waals surface area contributed by atoms with Crippen molar-refractivity contribution in [2.75, 3.05) is 20.7 Å². The SMILES string of the molecule is C=CCNS(=O)(=O)c1cc(C(=O)N(C)Cc2cc(C)ccc2OC)ccc1Cl. The second kappa shape index (κ2) is 9.23. The van der Waals surface area contributed by atoms with Crippen LogP contribution >= 0.6 is 11.6 Å². The minimum absolute atomic E-state index is 0.0381. The Morgan fingerprint density at radius 3 is 2.64 bits per heavy atom. The van der Waals surface area contributed by atoms with Gasteiger partial charge in [-0.1, -0.05) is 35.4 Å². The zero-order chi connectivity index (χ0) is 20.9. The quantitative estimate of drug-likeness (QED) is 0.661. The number of nitrogens with one attached hydrogen (secondary N) is 1. The summed E-state index contributed by atoms with van der Waals surface area (Å²) in [5.41, 5.74) is 2.12. The molecule has 2 aromatic carbocycles. The van der Waals surface area contributed by atoms with E-state index in [9.17, 15) is 13.2 Å². The molecule has 2 rings (SSSR count). The molecule has 0 spiro atoms. The Bertz CT molecular complexity index is 990. The fourth-order valence-electron chi connectivity index (χ4n) is 2.67. The van der Waals surface area contributed by atoms with Crippen molar-refractivity contribution in [3.63, 3.8) is 0 Å². The van der Waals surface area contributed by atoms with Crippen LogP contribution in [-0.2, 0) is 16.6 Å². The number of hydrogen-bond donors (Lipinski definition) is 1. The number of ether oxygens (including phenoxy) is 1. The van der Waals surface area contributed by atoms with Crippen LogP contribution < -0.4 is 9.46 Å². The van der Waals surface area contributed by atoms with Crippen LogP contribution in [0.15, 0.2) is 53.9 Å². The van der Waals surface area contributed by atoms with Gasteiger partial charge in [0, 0.05) is 31.3 Å². The molecule has 8 heteroatoms. The molecule has 150 valence electrons. The van der Waals surface area contributed by atoms with Gasteiger partial charge in [0.15, 0.2) is 0 Å². The Morgan fingerprint density at radius 1 is 1.29 bits per heavy atom. The number of carbonyl (C=O) groups is 1. The monoisotopic (exact) mass is 422 g/mol. The Balaban J connectivity index is 2.30. The Kier molecular flexibility index (Phi) is 7.23. The summed E-state index contributed by atoms with van der Waals surface area (Å²) in [6, 6.07) is 9.90. The van der Waals surface area contributed by atoms with Crippen LogP contribution in [-0.4, -0.2) is 39.9 Å². The van der Waals surface area contributed by atoms with Crippen molar-refractivity contribution < 1.29 is 17.9 Å². The van der Waals surface area contributed by atoms with Gasteiger partial charge in [0.1, 0.15) is 10.6 Å². The lowest BCUT2D eigenvalue weighted by Gasteiger charge is -2.20. The second-order valence-corrected chi connectivity index (χ2v) is 8.40. The maximum absolute atomic E-state index is 12.8. The lowest BCUT2D eigenvalue weighted by atomic mass is 10.1. The van der Waals surface area contributed by atoms with Gasteiger partial charge in [0.25, 0.3) is 5.91 Å². The summed E-state index contributed by atoms with van der Waals surface area (Å²) in [7, 11) is -0.640. The number of benzene rings is 2. The molecule has 1 amide bonds. The summed E-state index contributed by atoms with van der Waals surface area (Å²) in [5.74, 6) is 0.346. The molecule has 0 aliphatic heterocycles. The first-order valence-electron chi connectivity index (χ1n) is 8.48. The lowest BCUT2D eigenvalue weighted by Crippen LogP contribution is -2.28. The normalized spacial score (nSPS) is 11.1. The zero-order valence-corrected chi connectivity index (χ0v) is 17.6. The average molecular weight is 423 g/mol. The predicted molar refractivity (Wildman–Crippen MR) is 110 cm³/mol. The molecule has 0 bridgehead atoms. The molecule has 0 aliphatic rings. The molecule has 0 heterocycles. The minimum atomic E-state index is -3.85. The van der Waals surface area contributed by atoms with Crippen LogP contribution in [0.5, 0.6) is 5.75 Å². The maximum Gasteiger partial charge on any atom is 0.253 e. The molecule has 0 radical (unpaired) electrons. The van der Waals surface area contributed by atoms with E-state index in [4.69, 9.17) is 16.3 Å². The number of nitrogens with zero attached hydrogens (tertiary/aromatic N) is 1. The smallest absolute Gasteiger partial charge is 0.253 e. The van der Waals surface area contributed by atoms with Gasteiger partial charge in [-0.25, -0.2) is 13.1 Å². The van der Waals surface area contributed by atoms with Crippen molar-refractivity contribution in [2.45, 2.75) is 18.4 Å². The molecule has 0 fully saturated rings. The van der Waals surface area contributed by atoms with Gasteiger partial charge in [-0.15, -0.1) is 6.58 Å². The van der Waals surface area contributed by atoms with Crippen molar-refractivity contribution in [2.24, 2.45) is 0 Å². The number of sulfonamides is 1. The fourth-order valence-corrected chi connectivity index (χ4v) is 4.19. The summed E-state index contributed by atoms with van der Waals surface area (Å²) < 4.78 is 32.5. The second-order valence-electron chi connectivity index (χ2n) is 6.26. The van der Waals surface area contributed by atoms with E-state index >= 15 is 0 Å². The van der Waals surface area contributed by atoms with E-state index in [0.717, 1.165) is 11.1 Å². The van der Waals surface area contributed by atoms with E-state index in [1.54, 1.807) is 14.2 Å². The molecule has 6 nitrogen and oxygen atoms in total. The predicted octanol–water partition coefficient (Wildman–Crippen LogP) is 3.39. The number of amides is 1. The van der Waals surface area contributed by atoms with E-state index in [-0.39, 0.29) is 27.9 Å². The van der Waals surface area contributed by atoms with Gasteiger partial charge >= 0.3 is 0 Å². The van der Waals surface area contributed by atoms with Crippen LogP contribution in [0.25, 0.3) is 0 Å². The molecular weight excluding hydrogens is 400 g/mol. The first kappa shape index (κ1) is 21.9. The molecule has 1 N–H and O–H groups in total. The topological polar surface area (TPSA) is 75.7 Å². The van der Waals surface area contributed by atoms with Gasteiger partial charge in [-0.2, -0.15) is 0 Å². The van der Waals surface area contributed by atoms with Crippen molar-refractivity contribution in [3.8, 4) is 5.75 Å². The number of hydrogen-bond acceptors (Lipinski definition) is 4. The zero-order valence-electron chi connectivity index (χ0n) is 16.0. The minimum Gasteiger partial charge on any atom is -0.496 e. The van der Waals surface area contributed by atoms with E-state index < -0.39 is 10.0 Å². The van der Waals surface area contributed by atoms with Crippen LogP contribution in [0.3, 0.4) is 0 Å². The number of rotatable bonds is 8. The average Bonchev–Trinajstić information content (AvgIpc) is 2.66. The lowest BCUT2D eigenvalue weighted by molar-refractivity contribution is 0.0784. The Hall–Kier alpha value is -2.35. The first-order chi connectivity index (χ1) is 13.2. The summed E-state index contributed by atoms with van der Waals surface area (Å²) >= 11 is 6.04. The summed E-state index contributed by atoms with van der Waals surface area (Å²) in [6.07, 6.45) is 1.42. The highest BCUT2D eigenvalue weighted by Gasteiger charge is 2.21. The Morgan fingerprint density at radius 2 is 2.00 bits per heavy atom. The number of halogens is 1.